The standard InChI is InChI=1S/C13H14O4.C8H7ClO2.CH2I2.CH3I/c1-9(14)7-11(15)6-5-10-3-2-4-12-13(10)17-8-16-12;9-4-6-2-1-3-7-8(6)11-5-10-7;2-1-3;1-2/h2-4H,5-8H2,1H3;1-3H,4-5H2;1H2;1H3. The van der Waals surface area contributed by atoms with Crippen LogP contribution in [-0.4, -0.2) is 32.5 Å². The quantitative estimate of drug-likeness (QED) is 0.180. The third-order valence-corrected chi connectivity index (χ3v) is 4.51. The summed E-state index contributed by atoms with van der Waals surface area (Å²) in [6.45, 7) is 1.96. The number of fused-ring (bicyclic) bond motifs is 2. The highest BCUT2D eigenvalue weighted by molar-refractivity contribution is 14.2. The minimum absolute atomic E-state index is 0.0202. The van der Waals surface area contributed by atoms with Crippen LogP contribution in [0.25, 0.3) is 0 Å². The van der Waals surface area contributed by atoms with Gasteiger partial charge in [-0.3, -0.25) is 9.59 Å². The van der Waals surface area contributed by atoms with Crippen LogP contribution in [0, 0.1) is 0 Å². The molecule has 0 amide bonds. The number of halogens is 4. The second-order valence-electron chi connectivity index (χ2n) is 6.45. The van der Waals surface area contributed by atoms with Gasteiger partial charge in [0, 0.05) is 12.0 Å². The highest BCUT2D eigenvalue weighted by Crippen LogP contribution is 2.36. The van der Waals surface area contributed by atoms with Crippen LogP contribution in [0.15, 0.2) is 36.4 Å². The first-order chi connectivity index (χ1) is 16.0. The number of ketones is 2. The fourth-order valence-electron chi connectivity index (χ4n) is 2.92. The van der Waals surface area contributed by atoms with E-state index in [2.05, 4.69) is 67.8 Å². The van der Waals surface area contributed by atoms with Crippen LogP contribution < -0.4 is 18.9 Å². The fraction of sp³-hybridized carbons (Fsp3) is 0.391. The van der Waals surface area contributed by atoms with Gasteiger partial charge in [0.05, 0.1) is 14.7 Å². The Morgan fingerprint density at radius 1 is 0.879 bits per heavy atom. The number of benzene rings is 2. The zero-order valence-corrected chi connectivity index (χ0v) is 25.6. The number of rotatable bonds is 6. The van der Waals surface area contributed by atoms with Crippen LogP contribution in [0.1, 0.15) is 30.9 Å². The van der Waals surface area contributed by atoms with Gasteiger partial charge in [-0.1, -0.05) is 92.0 Å². The van der Waals surface area contributed by atoms with Crippen LogP contribution in [0.4, 0.5) is 0 Å². The Morgan fingerprint density at radius 2 is 1.36 bits per heavy atom. The SMILES string of the molecule is CC(=O)CC(=O)CCc1cccc2c1OCO2.CI.ClCc1cccc2c1OCO2.ICI. The predicted molar refractivity (Wildman–Crippen MR) is 156 cm³/mol. The number of alkyl halides is 4. The Kier molecular flexibility index (Phi) is 16.5. The second kappa shape index (κ2) is 17.8. The van der Waals surface area contributed by atoms with Gasteiger partial charge in [0.15, 0.2) is 23.0 Å². The molecule has 2 aromatic carbocycles. The van der Waals surface area contributed by atoms with Crippen molar-refractivity contribution < 1.29 is 28.5 Å². The molecule has 2 aliphatic rings. The van der Waals surface area contributed by atoms with E-state index in [1.165, 1.54) is 9.36 Å². The van der Waals surface area contributed by atoms with Gasteiger partial charge < -0.3 is 18.9 Å². The smallest absolute Gasteiger partial charge is 0.231 e. The number of hydrogen-bond donors (Lipinski definition) is 0. The molecule has 4 rings (SSSR count). The summed E-state index contributed by atoms with van der Waals surface area (Å²) in [5, 5.41) is 0. The van der Waals surface area contributed by atoms with E-state index in [0.29, 0.717) is 25.5 Å². The van der Waals surface area contributed by atoms with Crippen molar-refractivity contribution in [2.24, 2.45) is 0 Å². The molecule has 0 atom stereocenters. The zero-order chi connectivity index (χ0) is 24.6. The molecule has 33 heavy (non-hydrogen) atoms. The largest absolute Gasteiger partial charge is 0.454 e. The number of ether oxygens (including phenoxy) is 4. The van der Waals surface area contributed by atoms with E-state index in [0.717, 1.165) is 34.1 Å². The van der Waals surface area contributed by atoms with Crippen LogP contribution in [-0.2, 0) is 21.9 Å². The molecule has 0 bridgehead atoms. The predicted octanol–water partition coefficient (Wildman–Crippen LogP) is 6.92. The molecule has 0 saturated carbocycles. The van der Waals surface area contributed by atoms with Gasteiger partial charge >= 0.3 is 0 Å². The monoisotopic (exact) mass is 814 g/mol. The first-order valence-electron chi connectivity index (χ1n) is 9.81. The first kappa shape index (κ1) is 30.5. The van der Waals surface area contributed by atoms with Crippen molar-refractivity contribution in [2.45, 2.75) is 32.1 Å². The number of carbonyl (C=O) groups is 2. The van der Waals surface area contributed by atoms with E-state index in [1.54, 1.807) is 0 Å². The summed E-state index contributed by atoms with van der Waals surface area (Å²) >= 11 is 12.4. The minimum atomic E-state index is -0.0899. The molecule has 0 spiro atoms. The van der Waals surface area contributed by atoms with Crippen molar-refractivity contribution in [2.75, 3.05) is 21.0 Å². The second-order valence-corrected chi connectivity index (χ2v) is 11.2. The Morgan fingerprint density at radius 3 is 1.85 bits per heavy atom. The van der Waals surface area contributed by atoms with Crippen molar-refractivity contribution in [3.05, 3.63) is 47.5 Å². The summed E-state index contributed by atoms with van der Waals surface area (Å²) in [4.78, 5) is 24.2. The molecule has 2 aliphatic heterocycles. The Labute approximate surface area is 240 Å². The molecule has 2 aromatic rings. The maximum Gasteiger partial charge on any atom is 0.231 e. The van der Waals surface area contributed by atoms with Gasteiger partial charge in [-0.15, -0.1) is 11.6 Å². The van der Waals surface area contributed by atoms with Crippen molar-refractivity contribution in [1.82, 2.24) is 0 Å². The van der Waals surface area contributed by atoms with E-state index in [1.807, 2.05) is 41.3 Å². The molecule has 0 fully saturated rings. The normalized spacial score (nSPS) is 11.7. The maximum absolute atomic E-state index is 11.4. The van der Waals surface area contributed by atoms with E-state index in [-0.39, 0.29) is 24.8 Å². The molecule has 0 saturated heterocycles. The molecular formula is C23H26ClI3O6. The summed E-state index contributed by atoms with van der Waals surface area (Å²) in [5.74, 6) is 3.38. The molecule has 0 N–H and O–H groups in total. The number of Topliss-reactive ketones (excluding diaryl/α,β-unsaturated/α-hetero) is 2. The third kappa shape index (κ3) is 10.7. The fourth-order valence-corrected chi connectivity index (χ4v) is 3.13. The van der Waals surface area contributed by atoms with Gasteiger partial charge in [-0.25, -0.2) is 0 Å². The van der Waals surface area contributed by atoms with E-state index in [9.17, 15) is 9.59 Å². The lowest BCUT2D eigenvalue weighted by atomic mass is 10.0. The first-order valence-corrected chi connectivity index (χ1v) is 15.6. The van der Waals surface area contributed by atoms with Crippen molar-refractivity contribution in [3.63, 3.8) is 0 Å². The maximum atomic E-state index is 11.4. The molecular weight excluding hydrogens is 788 g/mol. The summed E-state index contributed by atoms with van der Waals surface area (Å²) in [7, 11) is 0. The lowest BCUT2D eigenvalue weighted by Crippen LogP contribution is -2.05. The van der Waals surface area contributed by atoms with Crippen LogP contribution in [0.2, 0.25) is 0 Å². The summed E-state index contributed by atoms with van der Waals surface area (Å²) < 4.78 is 22.2. The number of carbonyl (C=O) groups excluding carboxylic acids is 2. The summed E-state index contributed by atoms with van der Waals surface area (Å²) in [6, 6.07) is 11.3. The molecule has 2 heterocycles. The van der Waals surface area contributed by atoms with E-state index < -0.39 is 0 Å². The van der Waals surface area contributed by atoms with Gasteiger partial charge in [0.1, 0.15) is 11.6 Å². The Hall–Kier alpha value is -0.540. The number of aryl methyl sites for hydroxylation is 1. The van der Waals surface area contributed by atoms with Gasteiger partial charge in [-0.2, -0.15) is 0 Å². The van der Waals surface area contributed by atoms with Gasteiger partial charge in [-0.05, 0) is 36.0 Å². The molecule has 10 heteroatoms. The highest BCUT2D eigenvalue weighted by Gasteiger charge is 2.18. The third-order valence-electron chi connectivity index (χ3n) is 4.22. The van der Waals surface area contributed by atoms with E-state index >= 15 is 0 Å². The minimum Gasteiger partial charge on any atom is -0.454 e. The van der Waals surface area contributed by atoms with Crippen LogP contribution in [0.5, 0.6) is 23.0 Å². The molecule has 0 aromatic heterocycles. The number of hydrogen-bond acceptors (Lipinski definition) is 6. The lowest BCUT2D eigenvalue weighted by molar-refractivity contribution is -0.125. The van der Waals surface area contributed by atoms with Crippen LogP contribution in [0.3, 0.4) is 0 Å². The number of para-hydroxylation sites is 2. The topological polar surface area (TPSA) is 71.1 Å². The summed E-state index contributed by atoms with van der Waals surface area (Å²) in [5.41, 5.74) is 1.94. The van der Waals surface area contributed by atoms with E-state index in [4.69, 9.17) is 30.5 Å². The zero-order valence-electron chi connectivity index (χ0n) is 18.4. The average Bonchev–Trinajstić information content (AvgIpc) is 3.49. The van der Waals surface area contributed by atoms with Crippen molar-refractivity contribution >= 4 is 90.9 Å². The van der Waals surface area contributed by atoms with Gasteiger partial charge in [0.2, 0.25) is 13.6 Å². The molecule has 0 radical (unpaired) electrons. The Bertz CT molecular complexity index is 894. The van der Waals surface area contributed by atoms with Crippen molar-refractivity contribution in [3.8, 4) is 23.0 Å². The molecule has 6 nitrogen and oxygen atoms in total. The summed E-state index contributed by atoms with van der Waals surface area (Å²) in [6.07, 6.45) is 0.963. The molecule has 0 unspecified atom stereocenters. The van der Waals surface area contributed by atoms with Crippen LogP contribution >= 0.6 is 79.4 Å². The van der Waals surface area contributed by atoms with Crippen molar-refractivity contribution in [1.29, 1.82) is 0 Å². The molecule has 182 valence electrons. The lowest BCUT2D eigenvalue weighted by Gasteiger charge is -2.04. The van der Waals surface area contributed by atoms with Gasteiger partial charge in [0.25, 0.3) is 0 Å². The Balaban J connectivity index is 0.000000292. The molecule has 0 aliphatic carbocycles. The average molecular weight is 815 g/mol. The highest BCUT2D eigenvalue weighted by atomic mass is 127.